The van der Waals surface area contributed by atoms with Gasteiger partial charge in [-0.15, -0.1) is 0 Å². The molecule has 2 amide bonds. The van der Waals surface area contributed by atoms with Crippen LogP contribution in [0, 0.1) is 5.82 Å². The topological polar surface area (TPSA) is 84.2 Å². The highest BCUT2D eigenvalue weighted by atomic mass is 19.1. The summed E-state index contributed by atoms with van der Waals surface area (Å²) in [5, 5.41) is 4.65. The summed E-state index contributed by atoms with van der Waals surface area (Å²) in [5.41, 5.74) is 5.52. The highest BCUT2D eigenvalue weighted by Gasteiger charge is 2.24. The van der Waals surface area contributed by atoms with Crippen LogP contribution in [0.15, 0.2) is 12.1 Å². The highest BCUT2D eigenvalue weighted by molar-refractivity contribution is 6.11. The Hall–Kier alpha value is -2.11. The number of nitrogens with one attached hydrogen (secondary N) is 2. The Labute approximate surface area is 84.4 Å². The van der Waals surface area contributed by atoms with Crippen LogP contribution in [0.1, 0.15) is 10.4 Å². The van der Waals surface area contributed by atoms with Crippen LogP contribution in [-0.4, -0.2) is 18.4 Å². The fourth-order valence-electron chi connectivity index (χ4n) is 1.38. The predicted octanol–water partition coefficient (Wildman–Crippen LogP) is 0.0898. The summed E-state index contributed by atoms with van der Waals surface area (Å²) >= 11 is 0. The minimum Gasteiger partial charge on any atom is -0.397 e. The molecule has 0 spiro atoms. The van der Waals surface area contributed by atoms with Crippen molar-refractivity contribution in [2.75, 3.05) is 17.6 Å². The maximum absolute atomic E-state index is 13.3. The standard InChI is InChI=1S/C9H8FN3O2/c10-4-1-2-5(11)8-7(4)9(15)12-3-6(14)13-8/h1-2H,3,11H2,(H,12,15)(H,13,14). The molecule has 1 aliphatic rings. The summed E-state index contributed by atoms with van der Waals surface area (Å²) in [7, 11) is 0. The lowest BCUT2D eigenvalue weighted by Gasteiger charge is -2.08. The van der Waals surface area contributed by atoms with Gasteiger partial charge < -0.3 is 16.4 Å². The minimum absolute atomic E-state index is 0.0370. The molecule has 78 valence electrons. The summed E-state index contributed by atoms with van der Waals surface area (Å²) in [6.45, 7) is -0.188. The van der Waals surface area contributed by atoms with Crippen molar-refractivity contribution in [1.82, 2.24) is 5.32 Å². The van der Waals surface area contributed by atoms with Gasteiger partial charge in [0, 0.05) is 0 Å². The Balaban J connectivity index is 2.66. The number of anilines is 2. The van der Waals surface area contributed by atoms with Crippen molar-refractivity contribution in [3.63, 3.8) is 0 Å². The van der Waals surface area contributed by atoms with E-state index >= 15 is 0 Å². The first-order valence-electron chi connectivity index (χ1n) is 4.25. The Bertz CT molecular complexity index is 459. The second kappa shape index (κ2) is 3.23. The van der Waals surface area contributed by atoms with Crippen molar-refractivity contribution in [2.24, 2.45) is 0 Å². The van der Waals surface area contributed by atoms with Gasteiger partial charge in [-0.25, -0.2) is 4.39 Å². The maximum atomic E-state index is 13.3. The van der Waals surface area contributed by atoms with Gasteiger partial charge >= 0.3 is 0 Å². The summed E-state index contributed by atoms with van der Waals surface area (Å²) in [6.07, 6.45) is 0. The summed E-state index contributed by atoms with van der Waals surface area (Å²) in [4.78, 5) is 22.6. The van der Waals surface area contributed by atoms with Gasteiger partial charge in [0.05, 0.1) is 17.9 Å². The third-order valence-electron chi connectivity index (χ3n) is 2.09. The number of halogens is 1. The van der Waals surface area contributed by atoms with E-state index < -0.39 is 17.6 Å². The minimum atomic E-state index is -0.709. The van der Waals surface area contributed by atoms with Crippen molar-refractivity contribution < 1.29 is 14.0 Å². The zero-order valence-corrected chi connectivity index (χ0v) is 7.63. The van der Waals surface area contributed by atoms with E-state index in [2.05, 4.69) is 10.6 Å². The molecule has 4 N–H and O–H groups in total. The van der Waals surface area contributed by atoms with E-state index in [9.17, 15) is 14.0 Å². The molecule has 0 saturated heterocycles. The van der Waals surface area contributed by atoms with E-state index in [4.69, 9.17) is 5.73 Å². The van der Waals surface area contributed by atoms with Crippen molar-refractivity contribution in [1.29, 1.82) is 0 Å². The van der Waals surface area contributed by atoms with E-state index in [1.807, 2.05) is 0 Å². The molecule has 1 aliphatic heterocycles. The Morgan fingerprint density at radius 2 is 2.07 bits per heavy atom. The number of amides is 2. The third kappa shape index (κ3) is 1.50. The van der Waals surface area contributed by atoms with Gasteiger partial charge in [0.2, 0.25) is 5.91 Å². The highest BCUT2D eigenvalue weighted by Crippen LogP contribution is 2.27. The van der Waals surface area contributed by atoms with Crippen molar-refractivity contribution in [3.8, 4) is 0 Å². The average molecular weight is 209 g/mol. The quantitative estimate of drug-likeness (QED) is 0.529. The fourth-order valence-corrected chi connectivity index (χ4v) is 1.38. The second-order valence-corrected chi connectivity index (χ2v) is 3.12. The predicted molar refractivity (Wildman–Crippen MR) is 51.8 cm³/mol. The molecule has 1 heterocycles. The first-order valence-corrected chi connectivity index (χ1v) is 4.25. The molecule has 0 unspecified atom stereocenters. The van der Waals surface area contributed by atoms with Crippen LogP contribution >= 0.6 is 0 Å². The number of hydrogen-bond donors (Lipinski definition) is 3. The second-order valence-electron chi connectivity index (χ2n) is 3.12. The molecule has 0 aromatic heterocycles. The molecular weight excluding hydrogens is 201 g/mol. The van der Waals surface area contributed by atoms with Crippen molar-refractivity contribution in [3.05, 3.63) is 23.5 Å². The monoisotopic (exact) mass is 209 g/mol. The van der Waals surface area contributed by atoms with Crippen LogP contribution in [0.25, 0.3) is 0 Å². The molecule has 6 heteroatoms. The lowest BCUT2D eigenvalue weighted by atomic mass is 10.1. The SMILES string of the molecule is Nc1ccc(F)c2c1NC(=O)CNC2=O. The Morgan fingerprint density at radius 3 is 2.80 bits per heavy atom. The van der Waals surface area contributed by atoms with Gasteiger partial charge in [0.1, 0.15) is 11.4 Å². The summed E-state index contributed by atoms with van der Waals surface area (Å²) in [6, 6.07) is 2.39. The van der Waals surface area contributed by atoms with Gasteiger partial charge in [0.25, 0.3) is 5.91 Å². The lowest BCUT2D eigenvalue weighted by molar-refractivity contribution is -0.115. The molecule has 0 aliphatic carbocycles. The smallest absolute Gasteiger partial charge is 0.256 e. The van der Waals surface area contributed by atoms with Gasteiger partial charge in [0.15, 0.2) is 0 Å². The van der Waals surface area contributed by atoms with Gasteiger partial charge in [-0.1, -0.05) is 0 Å². The van der Waals surface area contributed by atoms with Gasteiger partial charge in [-0.05, 0) is 12.1 Å². The normalized spacial score (nSPS) is 15.0. The summed E-state index contributed by atoms with van der Waals surface area (Å²) in [5.74, 6) is -1.79. The molecule has 15 heavy (non-hydrogen) atoms. The van der Waals surface area contributed by atoms with Crippen LogP contribution in [-0.2, 0) is 4.79 Å². The number of carbonyl (C=O) groups excluding carboxylic acids is 2. The third-order valence-corrected chi connectivity index (χ3v) is 2.09. The Kier molecular flexibility index (Phi) is 2.03. The van der Waals surface area contributed by atoms with Crippen LogP contribution in [0.2, 0.25) is 0 Å². The number of fused-ring (bicyclic) bond motifs is 1. The number of carbonyl (C=O) groups is 2. The summed E-state index contributed by atoms with van der Waals surface area (Å²) < 4.78 is 13.3. The molecule has 1 aromatic rings. The van der Waals surface area contributed by atoms with E-state index in [1.165, 1.54) is 6.07 Å². The molecule has 5 nitrogen and oxygen atoms in total. The number of rotatable bonds is 0. The molecule has 0 radical (unpaired) electrons. The first-order chi connectivity index (χ1) is 7.09. The average Bonchev–Trinajstić information content (AvgIpc) is 2.34. The first kappa shape index (κ1) is 9.45. The maximum Gasteiger partial charge on any atom is 0.256 e. The molecule has 2 rings (SSSR count). The van der Waals surface area contributed by atoms with Gasteiger partial charge in [-0.2, -0.15) is 0 Å². The van der Waals surface area contributed by atoms with E-state index in [-0.39, 0.29) is 23.5 Å². The molecule has 0 atom stereocenters. The lowest BCUT2D eigenvalue weighted by Crippen LogP contribution is -2.28. The van der Waals surface area contributed by atoms with Crippen molar-refractivity contribution >= 4 is 23.2 Å². The number of nitrogen functional groups attached to an aromatic ring is 1. The van der Waals surface area contributed by atoms with E-state index in [0.29, 0.717) is 0 Å². The van der Waals surface area contributed by atoms with Crippen LogP contribution < -0.4 is 16.4 Å². The zero-order valence-electron chi connectivity index (χ0n) is 7.63. The fraction of sp³-hybridized carbons (Fsp3) is 0.111. The van der Waals surface area contributed by atoms with Crippen LogP contribution in [0.5, 0.6) is 0 Å². The molecule has 0 fully saturated rings. The molecule has 0 saturated carbocycles. The van der Waals surface area contributed by atoms with E-state index in [0.717, 1.165) is 6.07 Å². The van der Waals surface area contributed by atoms with Gasteiger partial charge in [-0.3, -0.25) is 9.59 Å². The van der Waals surface area contributed by atoms with Crippen LogP contribution in [0.4, 0.5) is 15.8 Å². The van der Waals surface area contributed by atoms with E-state index in [1.54, 1.807) is 0 Å². The number of nitrogens with two attached hydrogens (primary N) is 1. The zero-order chi connectivity index (χ0) is 11.0. The van der Waals surface area contributed by atoms with Crippen molar-refractivity contribution in [2.45, 2.75) is 0 Å². The number of benzene rings is 1. The number of hydrogen-bond acceptors (Lipinski definition) is 3. The van der Waals surface area contributed by atoms with Crippen LogP contribution in [0.3, 0.4) is 0 Å². The molecule has 1 aromatic carbocycles. The molecule has 0 bridgehead atoms. The Morgan fingerprint density at radius 1 is 1.33 bits per heavy atom. The largest absolute Gasteiger partial charge is 0.397 e. The molecular formula is C9H8FN3O2.